The molecule has 1 N–H and O–H groups in total. The van der Waals surface area contributed by atoms with Gasteiger partial charge in [-0.25, -0.2) is 9.67 Å². The summed E-state index contributed by atoms with van der Waals surface area (Å²) >= 11 is 6.23. The van der Waals surface area contributed by atoms with E-state index < -0.39 is 0 Å². The van der Waals surface area contributed by atoms with Crippen molar-refractivity contribution in [1.29, 1.82) is 0 Å². The maximum Gasteiger partial charge on any atom is 0.226 e. The second-order valence-electron chi connectivity index (χ2n) is 7.15. The Morgan fingerprint density at radius 3 is 2.32 bits per heavy atom. The third kappa shape index (κ3) is 3.84. The zero-order chi connectivity index (χ0) is 23.7. The van der Waals surface area contributed by atoms with Gasteiger partial charge in [0.2, 0.25) is 11.0 Å². The zero-order valence-corrected chi connectivity index (χ0v) is 19.3. The lowest BCUT2D eigenvalue weighted by atomic mass is 10.2. The van der Waals surface area contributed by atoms with Gasteiger partial charge in [0, 0.05) is 12.1 Å². The molecule has 0 bridgehead atoms. The Morgan fingerprint density at radius 1 is 0.912 bits per heavy atom. The second-order valence-corrected chi connectivity index (χ2v) is 7.48. The third-order valence-electron chi connectivity index (χ3n) is 5.18. The summed E-state index contributed by atoms with van der Waals surface area (Å²) < 4.78 is 19.8. The first kappa shape index (κ1) is 21.5. The molecule has 0 atom stereocenters. The molecular formula is C23H20ClN7O3. The summed E-state index contributed by atoms with van der Waals surface area (Å²) in [6, 6.07) is 13.3. The summed E-state index contributed by atoms with van der Waals surface area (Å²) in [6.07, 6.45) is 5.16. The van der Waals surface area contributed by atoms with Gasteiger partial charge in [-0.1, -0.05) is 18.2 Å². The second kappa shape index (κ2) is 8.91. The number of imidazole rings is 1. The molecular weight excluding hydrogens is 458 g/mol. The summed E-state index contributed by atoms with van der Waals surface area (Å²) in [4.78, 5) is 13.2. The Kier molecular flexibility index (Phi) is 5.64. The predicted molar refractivity (Wildman–Crippen MR) is 128 cm³/mol. The smallest absolute Gasteiger partial charge is 0.226 e. The Morgan fingerprint density at radius 2 is 1.65 bits per heavy atom. The summed E-state index contributed by atoms with van der Waals surface area (Å²) in [6.45, 7) is 0. The molecule has 10 nitrogen and oxygen atoms in total. The molecule has 0 amide bonds. The first-order valence-corrected chi connectivity index (χ1v) is 10.6. The molecule has 3 aromatic heterocycles. The standard InChI is InChI=1S/C23H20ClN7O3/c1-32-17-9-15(10-18(33-2)20(17)34-3)30-12-19(25-13-30)27-21-16-11-26-31(14-7-5-4-6-8-14)22(16)29-23(24)28-21/h4-13H,1-3H3,(H,27,28,29). The number of fused-ring (bicyclic) bond motifs is 1. The van der Waals surface area contributed by atoms with Crippen LogP contribution in [0.5, 0.6) is 17.2 Å². The molecule has 0 saturated heterocycles. The molecule has 3 heterocycles. The highest BCUT2D eigenvalue weighted by molar-refractivity contribution is 6.28. The van der Waals surface area contributed by atoms with Crippen molar-refractivity contribution in [3.63, 3.8) is 0 Å². The SMILES string of the molecule is COc1cc(-n2cnc(Nc3nc(Cl)nc4c3cnn4-c3ccccc3)c2)cc(OC)c1OC. The molecule has 34 heavy (non-hydrogen) atoms. The summed E-state index contributed by atoms with van der Waals surface area (Å²) in [7, 11) is 4.70. The van der Waals surface area contributed by atoms with Crippen molar-refractivity contribution in [3.05, 3.63) is 66.5 Å². The van der Waals surface area contributed by atoms with E-state index in [1.54, 1.807) is 38.5 Å². The van der Waals surface area contributed by atoms with Crippen LogP contribution in [0.3, 0.4) is 0 Å². The molecule has 0 aliphatic carbocycles. The average Bonchev–Trinajstić information content (AvgIpc) is 3.51. The van der Waals surface area contributed by atoms with Crippen LogP contribution in [0.15, 0.2) is 61.2 Å². The summed E-state index contributed by atoms with van der Waals surface area (Å²) in [5, 5.41) is 8.48. The Bertz CT molecular complexity index is 1440. The lowest BCUT2D eigenvalue weighted by molar-refractivity contribution is 0.324. The number of ether oxygens (including phenoxy) is 3. The van der Waals surface area contributed by atoms with Crippen LogP contribution in [0.2, 0.25) is 5.28 Å². The first-order valence-electron chi connectivity index (χ1n) is 10.2. The Balaban J connectivity index is 1.50. The molecule has 0 saturated carbocycles. The number of halogens is 1. The molecule has 0 radical (unpaired) electrons. The largest absolute Gasteiger partial charge is 0.493 e. The lowest BCUT2D eigenvalue weighted by Crippen LogP contribution is -2.00. The molecule has 172 valence electrons. The Hall–Kier alpha value is -4.31. The molecule has 0 unspecified atom stereocenters. The van der Waals surface area contributed by atoms with Crippen molar-refractivity contribution in [2.75, 3.05) is 26.6 Å². The van der Waals surface area contributed by atoms with E-state index in [0.29, 0.717) is 39.9 Å². The van der Waals surface area contributed by atoms with E-state index in [0.717, 1.165) is 11.4 Å². The van der Waals surface area contributed by atoms with Gasteiger partial charge in [-0.15, -0.1) is 0 Å². The number of rotatable bonds is 7. The number of aromatic nitrogens is 6. The fraction of sp³-hybridized carbons (Fsp3) is 0.130. The number of nitrogens with one attached hydrogen (secondary N) is 1. The fourth-order valence-corrected chi connectivity index (χ4v) is 3.77. The van der Waals surface area contributed by atoms with E-state index in [2.05, 4.69) is 25.4 Å². The summed E-state index contributed by atoms with van der Waals surface area (Å²) in [5.41, 5.74) is 2.22. The molecule has 0 spiro atoms. The van der Waals surface area contributed by atoms with Crippen molar-refractivity contribution in [2.24, 2.45) is 0 Å². The zero-order valence-electron chi connectivity index (χ0n) is 18.6. The van der Waals surface area contributed by atoms with Gasteiger partial charge in [0.25, 0.3) is 0 Å². The van der Waals surface area contributed by atoms with Gasteiger partial charge in [-0.05, 0) is 23.7 Å². The van der Waals surface area contributed by atoms with E-state index in [-0.39, 0.29) is 5.28 Å². The van der Waals surface area contributed by atoms with E-state index in [1.165, 1.54) is 0 Å². The van der Waals surface area contributed by atoms with Crippen LogP contribution >= 0.6 is 11.6 Å². The number of methoxy groups -OCH3 is 3. The van der Waals surface area contributed by atoms with E-state index in [9.17, 15) is 0 Å². The predicted octanol–water partition coefficient (Wildman–Crippen LogP) is 4.42. The van der Waals surface area contributed by atoms with Crippen molar-refractivity contribution in [1.82, 2.24) is 29.3 Å². The molecule has 0 aliphatic rings. The van der Waals surface area contributed by atoms with Crippen molar-refractivity contribution < 1.29 is 14.2 Å². The van der Waals surface area contributed by atoms with Crippen LogP contribution in [0, 0.1) is 0 Å². The molecule has 2 aromatic carbocycles. The van der Waals surface area contributed by atoms with Gasteiger partial charge in [-0.3, -0.25) is 0 Å². The van der Waals surface area contributed by atoms with Crippen molar-refractivity contribution in [2.45, 2.75) is 0 Å². The molecule has 11 heteroatoms. The highest BCUT2D eigenvalue weighted by Crippen LogP contribution is 2.39. The van der Waals surface area contributed by atoms with Gasteiger partial charge < -0.3 is 24.1 Å². The van der Waals surface area contributed by atoms with Gasteiger partial charge >= 0.3 is 0 Å². The van der Waals surface area contributed by atoms with E-state index in [1.807, 2.05) is 53.2 Å². The first-order chi connectivity index (χ1) is 16.6. The topological polar surface area (TPSA) is 101 Å². The molecule has 5 rings (SSSR count). The molecule has 0 aliphatic heterocycles. The highest BCUT2D eigenvalue weighted by atomic mass is 35.5. The average molecular weight is 478 g/mol. The fourth-order valence-electron chi connectivity index (χ4n) is 3.60. The lowest BCUT2D eigenvalue weighted by Gasteiger charge is -2.14. The van der Waals surface area contributed by atoms with Crippen LogP contribution in [-0.4, -0.2) is 50.6 Å². The monoisotopic (exact) mass is 477 g/mol. The Labute approximate surface area is 199 Å². The van der Waals surface area contributed by atoms with Crippen LogP contribution in [-0.2, 0) is 0 Å². The molecule has 0 fully saturated rings. The summed E-state index contributed by atoms with van der Waals surface area (Å²) in [5.74, 6) is 2.64. The highest BCUT2D eigenvalue weighted by Gasteiger charge is 2.16. The van der Waals surface area contributed by atoms with Crippen molar-refractivity contribution in [3.8, 4) is 28.6 Å². The maximum atomic E-state index is 6.23. The quantitative estimate of drug-likeness (QED) is 0.344. The van der Waals surface area contributed by atoms with Crippen LogP contribution in [0.4, 0.5) is 11.6 Å². The maximum absolute atomic E-state index is 6.23. The molecule has 5 aromatic rings. The van der Waals surface area contributed by atoms with Gasteiger partial charge in [0.15, 0.2) is 17.1 Å². The van der Waals surface area contributed by atoms with E-state index >= 15 is 0 Å². The van der Waals surface area contributed by atoms with Crippen LogP contribution in [0.25, 0.3) is 22.4 Å². The van der Waals surface area contributed by atoms with E-state index in [4.69, 9.17) is 25.8 Å². The number of nitrogens with zero attached hydrogens (tertiary/aromatic N) is 6. The van der Waals surface area contributed by atoms with Gasteiger partial charge in [0.05, 0.1) is 50.5 Å². The minimum Gasteiger partial charge on any atom is -0.493 e. The number of benzene rings is 2. The normalized spacial score (nSPS) is 10.9. The number of hydrogen-bond donors (Lipinski definition) is 1. The van der Waals surface area contributed by atoms with Crippen LogP contribution in [0.1, 0.15) is 0 Å². The number of para-hydroxylation sites is 1. The van der Waals surface area contributed by atoms with Gasteiger partial charge in [-0.2, -0.15) is 15.1 Å². The number of anilines is 2. The minimum absolute atomic E-state index is 0.0942. The van der Waals surface area contributed by atoms with Crippen LogP contribution < -0.4 is 19.5 Å². The number of hydrogen-bond acceptors (Lipinski definition) is 8. The van der Waals surface area contributed by atoms with Crippen molar-refractivity contribution >= 4 is 34.3 Å². The van der Waals surface area contributed by atoms with Gasteiger partial charge in [0.1, 0.15) is 18.0 Å². The third-order valence-corrected chi connectivity index (χ3v) is 5.35. The minimum atomic E-state index is 0.0942.